The van der Waals surface area contributed by atoms with Crippen molar-refractivity contribution < 1.29 is 9.47 Å². The van der Waals surface area contributed by atoms with Gasteiger partial charge in [-0.1, -0.05) is 78.9 Å². The van der Waals surface area contributed by atoms with Crippen LogP contribution in [0, 0.1) is 0 Å². The van der Waals surface area contributed by atoms with Crippen LogP contribution in [0.5, 0.6) is 11.8 Å². The Morgan fingerprint density at radius 2 is 1.16 bits per heavy atom. The van der Waals surface area contributed by atoms with Crippen molar-refractivity contribution in [2.75, 3.05) is 11.5 Å². The molecule has 6 N–H and O–H groups in total. The van der Waals surface area contributed by atoms with E-state index in [1.54, 1.807) is 12.7 Å². The van der Waals surface area contributed by atoms with Crippen LogP contribution in [0.25, 0.3) is 43.9 Å². The van der Waals surface area contributed by atoms with Gasteiger partial charge in [0.05, 0.1) is 12.7 Å². The number of aromatic amines is 2. The number of fused-ring (bicyclic) bond motifs is 4. The second-order valence-corrected chi connectivity index (χ2v) is 9.87. The predicted molar refractivity (Wildman–Crippen MR) is 169 cm³/mol. The number of H-pyrrole nitrogens is 2. The molecule has 0 spiro atoms. The molecule has 8 rings (SSSR count). The maximum absolute atomic E-state index is 5.85. The van der Waals surface area contributed by atoms with Gasteiger partial charge in [-0.25, -0.2) is 9.97 Å². The normalized spacial score (nSPS) is 11.1. The van der Waals surface area contributed by atoms with E-state index in [1.165, 1.54) is 16.2 Å². The number of hydrogen-bond donors (Lipinski definition) is 4. The molecule has 0 saturated carbocycles. The third-order valence-electron chi connectivity index (χ3n) is 6.97. The molecule has 0 amide bonds. The van der Waals surface area contributed by atoms with Crippen LogP contribution < -0.4 is 20.9 Å². The number of ether oxygens (including phenoxy) is 2. The minimum Gasteiger partial charge on any atom is -0.471 e. The zero-order valence-electron chi connectivity index (χ0n) is 23.3. The highest BCUT2D eigenvalue weighted by Gasteiger charge is 2.12. The summed E-state index contributed by atoms with van der Waals surface area (Å²) in [5, 5.41) is 4.72. The number of rotatable bonds is 6. The predicted octanol–water partition coefficient (Wildman–Crippen LogP) is 5.33. The molecular formula is C32H26N10O2. The van der Waals surface area contributed by atoms with Crippen LogP contribution >= 0.6 is 0 Å². The van der Waals surface area contributed by atoms with E-state index in [9.17, 15) is 0 Å². The molecule has 0 aliphatic heterocycles. The molecule has 0 radical (unpaired) electrons. The molecule has 0 atom stereocenters. The zero-order valence-corrected chi connectivity index (χ0v) is 23.3. The molecule has 216 valence electrons. The first-order valence-corrected chi connectivity index (χ1v) is 13.7. The molecule has 0 aliphatic carbocycles. The van der Waals surface area contributed by atoms with E-state index < -0.39 is 0 Å². The summed E-state index contributed by atoms with van der Waals surface area (Å²) in [7, 11) is 0. The Morgan fingerprint density at radius 3 is 1.86 bits per heavy atom. The fourth-order valence-electron chi connectivity index (χ4n) is 4.90. The standard InChI is InChI=1S/2C16H13N5O/c17-16-20-14-13(18-9-19-14)15(21-16)22-8-11-6-3-5-10-4-1-2-7-12(10)11;17-16-20-14-13(18-9-19-14)15(21-16)22-8-10-5-6-11-3-1-2-4-12(11)7-10/h2*1-7,9H,8H2,(H3,17,18,19,20,21). The van der Waals surface area contributed by atoms with Gasteiger partial charge in [-0.15, -0.1) is 0 Å². The van der Waals surface area contributed by atoms with Crippen molar-refractivity contribution in [1.82, 2.24) is 39.9 Å². The summed E-state index contributed by atoms with van der Waals surface area (Å²) in [5.41, 5.74) is 15.8. The van der Waals surface area contributed by atoms with Gasteiger partial charge in [-0.2, -0.15) is 19.9 Å². The molecule has 0 fully saturated rings. The van der Waals surface area contributed by atoms with E-state index >= 15 is 0 Å². The van der Waals surface area contributed by atoms with E-state index in [4.69, 9.17) is 20.9 Å². The lowest BCUT2D eigenvalue weighted by Crippen LogP contribution is -2.02. The number of nitrogens with one attached hydrogen (secondary N) is 2. The van der Waals surface area contributed by atoms with Crippen molar-refractivity contribution in [2.45, 2.75) is 13.2 Å². The molecule has 0 aliphatic rings. The van der Waals surface area contributed by atoms with Gasteiger partial charge < -0.3 is 30.9 Å². The summed E-state index contributed by atoms with van der Waals surface area (Å²) in [4.78, 5) is 30.4. The third-order valence-corrected chi connectivity index (χ3v) is 6.97. The lowest BCUT2D eigenvalue weighted by Gasteiger charge is -2.09. The van der Waals surface area contributed by atoms with Crippen molar-refractivity contribution in [3.63, 3.8) is 0 Å². The molecular weight excluding hydrogens is 556 g/mol. The Kier molecular flexibility index (Phi) is 6.97. The highest BCUT2D eigenvalue weighted by Crippen LogP contribution is 2.24. The average molecular weight is 583 g/mol. The largest absolute Gasteiger partial charge is 0.471 e. The number of imidazole rings is 2. The van der Waals surface area contributed by atoms with Gasteiger partial charge in [-0.3, -0.25) is 0 Å². The molecule has 0 saturated heterocycles. The van der Waals surface area contributed by atoms with Crippen molar-refractivity contribution in [2.24, 2.45) is 0 Å². The van der Waals surface area contributed by atoms with Crippen molar-refractivity contribution in [3.05, 3.63) is 109 Å². The topological polar surface area (TPSA) is 179 Å². The van der Waals surface area contributed by atoms with E-state index in [-0.39, 0.29) is 11.9 Å². The van der Waals surface area contributed by atoms with E-state index in [0.29, 0.717) is 47.3 Å². The second-order valence-electron chi connectivity index (χ2n) is 9.87. The molecule has 0 bridgehead atoms. The van der Waals surface area contributed by atoms with Gasteiger partial charge in [0.2, 0.25) is 23.7 Å². The fraction of sp³-hybridized carbons (Fsp3) is 0.0625. The summed E-state index contributed by atoms with van der Waals surface area (Å²) < 4.78 is 11.6. The summed E-state index contributed by atoms with van der Waals surface area (Å²) in [6.45, 7) is 0.793. The molecule has 4 aromatic carbocycles. The van der Waals surface area contributed by atoms with E-state index in [1.807, 2.05) is 42.5 Å². The summed E-state index contributed by atoms with van der Waals surface area (Å²) in [6.07, 6.45) is 3.09. The average Bonchev–Trinajstić information content (AvgIpc) is 3.72. The molecule has 0 unspecified atom stereocenters. The maximum Gasteiger partial charge on any atom is 0.245 e. The fourth-order valence-corrected chi connectivity index (χ4v) is 4.90. The van der Waals surface area contributed by atoms with Crippen LogP contribution in [0.2, 0.25) is 0 Å². The summed E-state index contributed by atoms with van der Waals surface area (Å²) >= 11 is 0. The van der Waals surface area contributed by atoms with Crippen molar-refractivity contribution >= 4 is 55.8 Å². The molecule has 12 nitrogen and oxygen atoms in total. The number of nitrogens with two attached hydrogens (primary N) is 2. The highest BCUT2D eigenvalue weighted by atomic mass is 16.5. The number of benzene rings is 4. The minimum absolute atomic E-state index is 0.146. The second kappa shape index (κ2) is 11.5. The van der Waals surface area contributed by atoms with Gasteiger partial charge in [0.15, 0.2) is 11.3 Å². The number of aromatic nitrogens is 8. The van der Waals surface area contributed by atoms with E-state index in [2.05, 4.69) is 82.3 Å². The van der Waals surface area contributed by atoms with Gasteiger partial charge in [0.1, 0.15) is 24.2 Å². The van der Waals surface area contributed by atoms with Crippen LogP contribution in [-0.2, 0) is 13.2 Å². The lowest BCUT2D eigenvalue weighted by atomic mass is 10.1. The van der Waals surface area contributed by atoms with Crippen LogP contribution in [-0.4, -0.2) is 39.9 Å². The van der Waals surface area contributed by atoms with Crippen LogP contribution in [0.15, 0.2) is 97.6 Å². The number of hydrogen-bond acceptors (Lipinski definition) is 10. The quantitative estimate of drug-likeness (QED) is 0.200. The van der Waals surface area contributed by atoms with Gasteiger partial charge in [-0.05, 0) is 38.7 Å². The molecule has 44 heavy (non-hydrogen) atoms. The Hall–Kier alpha value is -6.30. The van der Waals surface area contributed by atoms with Crippen molar-refractivity contribution in [1.29, 1.82) is 0 Å². The van der Waals surface area contributed by atoms with Gasteiger partial charge >= 0.3 is 0 Å². The Balaban J connectivity index is 0.000000142. The third kappa shape index (κ3) is 5.46. The van der Waals surface area contributed by atoms with Gasteiger partial charge in [0, 0.05) is 0 Å². The highest BCUT2D eigenvalue weighted by molar-refractivity contribution is 5.86. The van der Waals surface area contributed by atoms with Crippen molar-refractivity contribution in [3.8, 4) is 11.8 Å². The number of anilines is 2. The van der Waals surface area contributed by atoms with E-state index in [0.717, 1.165) is 16.5 Å². The first-order chi connectivity index (χ1) is 21.6. The van der Waals surface area contributed by atoms with Gasteiger partial charge in [0.25, 0.3) is 0 Å². The molecule has 12 heteroatoms. The smallest absolute Gasteiger partial charge is 0.245 e. The molecule has 8 aromatic rings. The Morgan fingerprint density at radius 1 is 0.568 bits per heavy atom. The van der Waals surface area contributed by atoms with Crippen LogP contribution in [0.3, 0.4) is 0 Å². The number of nitrogen functional groups attached to an aromatic ring is 2. The Bertz CT molecular complexity index is 2230. The molecule has 4 heterocycles. The van der Waals surface area contributed by atoms with Crippen LogP contribution in [0.4, 0.5) is 11.9 Å². The minimum atomic E-state index is 0.146. The SMILES string of the molecule is Nc1nc(OCc2ccc3ccccc3c2)c2[nH]cnc2n1.Nc1nc(OCc2cccc3ccccc23)c2[nH]cnc2n1. The first kappa shape index (κ1) is 26.6. The Labute approximate surface area is 250 Å². The summed E-state index contributed by atoms with van der Waals surface area (Å²) in [6, 6.07) is 28.7. The zero-order chi connectivity index (χ0) is 29.9. The first-order valence-electron chi connectivity index (χ1n) is 13.7. The number of nitrogens with zero attached hydrogens (tertiary/aromatic N) is 6. The maximum atomic E-state index is 5.85. The summed E-state index contributed by atoms with van der Waals surface area (Å²) in [5.74, 6) is 1.11. The lowest BCUT2D eigenvalue weighted by molar-refractivity contribution is 0.297. The monoisotopic (exact) mass is 582 g/mol. The molecule has 4 aromatic heterocycles. The van der Waals surface area contributed by atoms with Crippen LogP contribution in [0.1, 0.15) is 11.1 Å².